The molecule has 7 nitrogen and oxygen atoms in total. The first-order chi connectivity index (χ1) is 15.3. The smallest absolute Gasteiger partial charge is 0.255 e. The minimum absolute atomic E-state index is 0.0817. The fourth-order valence-electron chi connectivity index (χ4n) is 3.58. The number of carbonyl (C=O) groups is 3. The lowest BCUT2D eigenvalue weighted by Gasteiger charge is -2.20. The van der Waals surface area contributed by atoms with E-state index in [1.54, 1.807) is 13.0 Å². The van der Waals surface area contributed by atoms with Gasteiger partial charge in [0.25, 0.3) is 5.91 Å². The van der Waals surface area contributed by atoms with Gasteiger partial charge in [-0.15, -0.1) is 0 Å². The van der Waals surface area contributed by atoms with Gasteiger partial charge in [0, 0.05) is 17.6 Å². The van der Waals surface area contributed by atoms with Crippen molar-refractivity contribution in [3.8, 4) is 5.75 Å². The van der Waals surface area contributed by atoms with Crippen molar-refractivity contribution in [3.05, 3.63) is 87.9 Å². The molecule has 0 aromatic heterocycles. The van der Waals surface area contributed by atoms with Crippen molar-refractivity contribution in [2.24, 2.45) is 0 Å². The summed E-state index contributed by atoms with van der Waals surface area (Å²) in [6.45, 7) is 3.40. The van der Waals surface area contributed by atoms with E-state index in [4.69, 9.17) is 9.47 Å². The first kappa shape index (κ1) is 22.8. The van der Waals surface area contributed by atoms with Crippen LogP contribution in [0.2, 0.25) is 0 Å². The Kier molecular flexibility index (Phi) is 6.78. The Hall–Kier alpha value is -3.87. The number of phenols is 1. The van der Waals surface area contributed by atoms with E-state index in [-0.39, 0.29) is 46.4 Å². The summed E-state index contributed by atoms with van der Waals surface area (Å²) < 4.78 is 10.2. The van der Waals surface area contributed by atoms with Gasteiger partial charge in [0.1, 0.15) is 5.75 Å². The molecule has 1 atom stereocenters. The third-order valence-corrected chi connectivity index (χ3v) is 5.43. The van der Waals surface area contributed by atoms with Gasteiger partial charge in [0.05, 0.1) is 25.8 Å². The quantitative estimate of drug-likeness (QED) is 0.647. The molecule has 0 fully saturated rings. The third kappa shape index (κ3) is 4.42. The number of carbonyl (C=O) groups excluding carboxylic acids is 3. The second-order valence-corrected chi connectivity index (χ2v) is 7.46. The molecule has 7 heteroatoms. The Morgan fingerprint density at radius 2 is 1.62 bits per heavy atom. The van der Waals surface area contributed by atoms with E-state index < -0.39 is 17.5 Å². The van der Waals surface area contributed by atoms with Crippen LogP contribution in [0.1, 0.15) is 41.4 Å². The topological polar surface area (TPSA) is 102 Å². The minimum atomic E-state index is -0.448. The van der Waals surface area contributed by atoms with Crippen molar-refractivity contribution < 1.29 is 29.0 Å². The molecule has 0 spiro atoms. The monoisotopic (exact) mass is 435 g/mol. The van der Waals surface area contributed by atoms with E-state index in [2.05, 4.69) is 5.32 Å². The van der Waals surface area contributed by atoms with Crippen LogP contribution in [0.25, 0.3) is 0 Å². The summed E-state index contributed by atoms with van der Waals surface area (Å²) in [7, 11) is 2.60. The van der Waals surface area contributed by atoms with Gasteiger partial charge in [-0.3, -0.25) is 14.4 Å². The minimum Gasteiger partial charge on any atom is -0.507 e. The average Bonchev–Trinajstić information content (AvgIpc) is 2.80. The predicted molar refractivity (Wildman–Crippen MR) is 118 cm³/mol. The molecule has 1 aliphatic carbocycles. The van der Waals surface area contributed by atoms with Gasteiger partial charge in [0.15, 0.2) is 0 Å². The zero-order valence-corrected chi connectivity index (χ0v) is 18.4. The van der Waals surface area contributed by atoms with E-state index in [9.17, 15) is 19.5 Å². The molecule has 0 radical (unpaired) electrons. The Bertz CT molecular complexity index is 1130. The first-order valence-corrected chi connectivity index (χ1v) is 10.1. The highest BCUT2D eigenvalue weighted by Crippen LogP contribution is 2.29. The van der Waals surface area contributed by atoms with Crippen LogP contribution in [0.15, 0.2) is 71.2 Å². The molecule has 0 saturated carbocycles. The Balaban J connectivity index is 1.86. The molecule has 32 heavy (non-hydrogen) atoms. The van der Waals surface area contributed by atoms with Gasteiger partial charge in [-0.1, -0.05) is 36.4 Å². The molecule has 2 aromatic carbocycles. The molecule has 2 aromatic rings. The van der Waals surface area contributed by atoms with E-state index >= 15 is 0 Å². The Morgan fingerprint density at radius 1 is 1.00 bits per heavy atom. The van der Waals surface area contributed by atoms with Crippen LogP contribution >= 0.6 is 0 Å². The van der Waals surface area contributed by atoms with Crippen molar-refractivity contribution >= 4 is 17.5 Å². The molecular formula is C25H25NO6. The standard InChI is InChI=1S/C25H25NO6/c1-14-18(22(29)24(32-4)23(31-3)21(14)28)12-16-10-11-20(27)19(13-16)25(30)26-15(2)17-8-6-5-7-9-17/h5-11,13,15,27H,12H2,1-4H3,(H,26,30). The van der Waals surface area contributed by atoms with Crippen LogP contribution in [0, 0.1) is 0 Å². The summed E-state index contributed by atoms with van der Waals surface area (Å²) in [4.78, 5) is 38.3. The number of amides is 1. The molecule has 0 heterocycles. The Labute approximate surface area is 186 Å². The van der Waals surface area contributed by atoms with Crippen LogP contribution in [0.3, 0.4) is 0 Å². The number of Topliss-reactive ketones (excluding diaryl/α,β-unsaturated/α-hetero) is 2. The van der Waals surface area contributed by atoms with E-state index in [0.29, 0.717) is 5.56 Å². The lowest BCUT2D eigenvalue weighted by molar-refractivity contribution is -0.121. The molecule has 2 N–H and O–H groups in total. The number of hydrogen-bond acceptors (Lipinski definition) is 6. The first-order valence-electron chi connectivity index (χ1n) is 10.1. The molecule has 1 amide bonds. The second-order valence-electron chi connectivity index (χ2n) is 7.46. The Morgan fingerprint density at radius 3 is 2.25 bits per heavy atom. The molecule has 166 valence electrons. The van der Waals surface area contributed by atoms with E-state index in [1.807, 2.05) is 37.3 Å². The average molecular weight is 435 g/mol. The lowest BCUT2D eigenvalue weighted by Crippen LogP contribution is -2.27. The molecule has 0 saturated heterocycles. The highest BCUT2D eigenvalue weighted by molar-refractivity contribution is 6.23. The number of ether oxygens (including phenoxy) is 2. The SMILES string of the molecule is COC1=C(OC)C(=O)C(Cc2ccc(O)c(C(=O)NC(C)c3ccccc3)c2)=C(C)C1=O. The number of phenolic OH excluding ortho intramolecular Hbond substituents is 1. The fourth-order valence-corrected chi connectivity index (χ4v) is 3.58. The molecule has 1 aliphatic rings. The largest absolute Gasteiger partial charge is 0.507 e. The number of nitrogens with one attached hydrogen (secondary N) is 1. The van der Waals surface area contributed by atoms with E-state index in [0.717, 1.165) is 5.56 Å². The van der Waals surface area contributed by atoms with Crippen LogP contribution < -0.4 is 5.32 Å². The highest BCUT2D eigenvalue weighted by Gasteiger charge is 2.34. The van der Waals surface area contributed by atoms with Gasteiger partial charge in [-0.25, -0.2) is 0 Å². The van der Waals surface area contributed by atoms with Crippen molar-refractivity contribution in [2.45, 2.75) is 26.3 Å². The fraction of sp³-hybridized carbons (Fsp3) is 0.240. The zero-order valence-electron chi connectivity index (χ0n) is 18.4. The second kappa shape index (κ2) is 9.51. The third-order valence-electron chi connectivity index (χ3n) is 5.43. The van der Waals surface area contributed by atoms with Crippen LogP contribution in [-0.2, 0) is 25.5 Å². The number of allylic oxidation sites excluding steroid dienone is 2. The van der Waals surface area contributed by atoms with Gasteiger partial charge in [0.2, 0.25) is 23.1 Å². The lowest BCUT2D eigenvalue weighted by atomic mass is 9.88. The molecule has 1 unspecified atom stereocenters. The molecular weight excluding hydrogens is 410 g/mol. The van der Waals surface area contributed by atoms with Crippen molar-refractivity contribution in [2.75, 3.05) is 14.2 Å². The molecule has 0 bridgehead atoms. The number of aromatic hydroxyl groups is 1. The molecule has 3 rings (SSSR count). The van der Waals surface area contributed by atoms with Gasteiger partial charge >= 0.3 is 0 Å². The summed E-state index contributed by atoms with van der Waals surface area (Å²) in [5, 5.41) is 13.1. The summed E-state index contributed by atoms with van der Waals surface area (Å²) in [5.41, 5.74) is 2.11. The van der Waals surface area contributed by atoms with Crippen molar-refractivity contribution in [3.63, 3.8) is 0 Å². The highest BCUT2D eigenvalue weighted by atomic mass is 16.5. The van der Waals surface area contributed by atoms with Crippen molar-refractivity contribution in [1.82, 2.24) is 5.32 Å². The van der Waals surface area contributed by atoms with Crippen LogP contribution in [-0.4, -0.2) is 36.8 Å². The summed E-state index contributed by atoms with van der Waals surface area (Å²) in [6, 6.07) is 13.7. The summed E-state index contributed by atoms with van der Waals surface area (Å²) >= 11 is 0. The maximum absolute atomic E-state index is 12.9. The number of benzene rings is 2. The number of rotatable bonds is 7. The van der Waals surface area contributed by atoms with E-state index in [1.165, 1.54) is 26.4 Å². The number of methoxy groups -OCH3 is 2. The van der Waals surface area contributed by atoms with Gasteiger partial charge < -0.3 is 19.9 Å². The molecule has 0 aliphatic heterocycles. The summed E-state index contributed by atoms with van der Waals surface area (Å²) in [5.74, 6) is -1.77. The maximum Gasteiger partial charge on any atom is 0.255 e. The van der Waals surface area contributed by atoms with Crippen molar-refractivity contribution in [1.29, 1.82) is 0 Å². The van der Waals surface area contributed by atoms with Gasteiger partial charge in [-0.05, 0) is 37.1 Å². The number of ketones is 2. The normalized spacial score (nSPS) is 15.0. The predicted octanol–water partition coefficient (Wildman–Crippen LogP) is 3.40. The van der Waals surface area contributed by atoms with Crippen LogP contribution in [0.5, 0.6) is 5.75 Å². The maximum atomic E-state index is 12.9. The number of hydrogen-bond donors (Lipinski definition) is 2. The van der Waals surface area contributed by atoms with Crippen LogP contribution in [0.4, 0.5) is 0 Å². The summed E-state index contributed by atoms with van der Waals surface area (Å²) in [6.07, 6.45) is 0.0923. The van der Waals surface area contributed by atoms with Gasteiger partial charge in [-0.2, -0.15) is 0 Å². The zero-order chi connectivity index (χ0) is 23.4.